The molecule has 5 heteroatoms. The Balaban J connectivity index is 1.98. The lowest BCUT2D eigenvalue weighted by molar-refractivity contribution is -0.134. The van der Waals surface area contributed by atoms with E-state index in [4.69, 9.17) is 5.11 Å². The maximum absolute atomic E-state index is 12.7. The van der Waals surface area contributed by atoms with Crippen LogP contribution in [0.4, 0.5) is 5.69 Å². The van der Waals surface area contributed by atoms with Crippen molar-refractivity contribution in [3.8, 4) is 0 Å². The molecular weight excluding hydrogens is 334 g/mol. The van der Waals surface area contributed by atoms with Crippen LogP contribution < -0.4 is 5.32 Å². The Labute approximate surface area is 152 Å². The average molecular weight is 357 g/mol. The molecule has 0 radical (unpaired) electrons. The topological polar surface area (TPSA) is 66.4 Å². The van der Waals surface area contributed by atoms with Gasteiger partial charge >= 0.3 is 5.97 Å². The van der Waals surface area contributed by atoms with E-state index >= 15 is 0 Å². The van der Waals surface area contributed by atoms with E-state index in [2.05, 4.69) is 5.32 Å². The van der Waals surface area contributed by atoms with Crippen LogP contribution in [0.25, 0.3) is 0 Å². The van der Waals surface area contributed by atoms with E-state index in [1.165, 1.54) is 11.8 Å². The van der Waals surface area contributed by atoms with Gasteiger partial charge in [0.25, 0.3) is 0 Å². The summed E-state index contributed by atoms with van der Waals surface area (Å²) in [5, 5.41) is 11.7. The lowest BCUT2D eigenvalue weighted by Gasteiger charge is -2.24. The van der Waals surface area contributed by atoms with Crippen molar-refractivity contribution in [1.82, 2.24) is 0 Å². The summed E-state index contributed by atoms with van der Waals surface area (Å²) in [5.41, 5.74) is 2.32. The summed E-state index contributed by atoms with van der Waals surface area (Å²) in [6.07, 6.45) is 0.661. The van der Waals surface area contributed by atoms with Crippen molar-refractivity contribution in [3.05, 3.63) is 65.7 Å². The smallest absolute Gasteiger partial charge is 0.313 e. The first-order chi connectivity index (χ1) is 11.9. The number of hydrogen-bond acceptors (Lipinski definition) is 3. The number of carbonyl (C=O) groups excluding carboxylic acids is 1. The van der Waals surface area contributed by atoms with Gasteiger partial charge in [-0.15, -0.1) is 11.8 Å². The normalized spacial score (nSPS) is 11.1. The fourth-order valence-electron chi connectivity index (χ4n) is 2.48. The fourth-order valence-corrected chi connectivity index (χ4v) is 3.17. The molecule has 2 rings (SSSR count). The molecule has 2 N–H and O–H groups in total. The molecule has 0 aliphatic carbocycles. The van der Waals surface area contributed by atoms with E-state index in [0.29, 0.717) is 12.2 Å². The summed E-state index contributed by atoms with van der Waals surface area (Å²) < 4.78 is 0. The molecule has 0 unspecified atom stereocenters. The van der Waals surface area contributed by atoms with Crippen molar-refractivity contribution in [3.63, 3.8) is 0 Å². The Morgan fingerprint density at radius 3 is 2.40 bits per heavy atom. The molecule has 0 aliphatic rings. The van der Waals surface area contributed by atoms with E-state index in [0.717, 1.165) is 16.8 Å². The van der Waals surface area contributed by atoms with Crippen molar-refractivity contribution >= 4 is 29.3 Å². The van der Waals surface area contributed by atoms with Crippen LogP contribution in [0.5, 0.6) is 0 Å². The summed E-state index contributed by atoms with van der Waals surface area (Å²) in [6, 6.07) is 17.5. The first-order valence-corrected chi connectivity index (χ1v) is 9.26. The number of benzene rings is 2. The lowest BCUT2D eigenvalue weighted by Crippen LogP contribution is -2.32. The molecule has 0 aliphatic heterocycles. The van der Waals surface area contributed by atoms with Crippen LogP contribution in [0.15, 0.2) is 54.6 Å². The molecule has 2 aromatic rings. The number of carboxylic acid groups (broad SMARTS) is 1. The van der Waals surface area contributed by atoms with Gasteiger partial charge in [-0.3, -0.25) is 9.59 Å². The second-order valence-corrected chi connectivity index (χ2v) is 7.57. The number of carbonyl (C=O) groups is 2. The first-order valence-electron chi connectivity index (χ1n) is 8.11. The van der Waals surface area contributed by atoms with Crippen molar-refractivity contribution in [2.24, 2.45) is 5.41 Å². The summed E-state index contributed by atoms with van der Waals surface area (Å²) in [5.74, 6) is -0.187. The molecule has 0 spiro atoms. The van der Waals surface area contributed by atoms with Crippen LogP contribution in [-0.2, 0) is 21.8 Å². The second-order valence-electron chi connectivity index (χ2n) is 6.59. The summed E-state index contributed by atoms with van der Waals surface area (Å²) in [4.78, 5) is 23.2. The Hall–Kier alpha value is -2.27. The van der Waals surface area contributed by atoms with Crippen LogP contribution in [-0.4, -0.2) is 22.7 Å². The fraction of sp³-hybridized carbons (Fsp3) is 0.300. The Kier molecular flexibility index (Phi) is 6.65. The average Bonchev–Trinajstić information content (AvgIpc) is 2.55. The molecule has 0 aromatic heterocycles. The van der Waals surface area contributed by atoms with Gasteiger partial charge in [0, 0.05) is 16.9 Å². The zero-order valence-corrected chi connectivity index (χ0v) is 15.3. The van der Waals surface area contributed by atoms with Gasteiger partial charge in [-0.2, -0.15) is 0 Å². The zero-order chi connectivity index (χ0) is 18.3. The first kappa shape index (κ1) is 19.1. The quantitative estimate of drug-likeness (QED) is 0.743. The molecule has 0 saturated heterocycles. The highest BCUT2D eigenvalue weighted by molar-refractivity contribution is 7.99. The minimum absolute atomic E-state index is 0.0355. The van der Waals surface area contributed by atoms with Gasteiger partial charge in [-0.05, 0) is 29.7 Å². The molecule has 25 heavy (non-hydrogen) atoms. The maximum Gasteiger partial charge on any atom is 0.313 e. The highest BCUT2D eigenvalue weighted by Gasteiger charge is 2.28. The van der Waals surface area contributed by atoms with Crippen LogP contribution in [0.3, 0.4) is 0 Å². The zero-order valence-electron chi connectivity index (χ0n) is 14.5. The SMILES string of the molecule is CC(C)(Cc1ccccc1)C(=O)Nc1cccc(CSCC(=O)O)c1. The van der Waals surface area contributed by atoms with Gasteiger partial charge < -0.3 is 10.4 Å². The summed E-state index contributed by atoms with van der Waals surface area (Å²) >= 11 is 1.34. The Morgan fingerprint density at radius 1 is 1.04 bits per heavy atom. The van der Waals surface area contributed by atoms with E-state index in [1.807, 2.05) is 68.4 Å². The third-order valence-electron chi connectivity index (χ3n) is 3.78. The number of aliphatic carboxylic acids is 1. The minimum atomic E-state index is -0.822. The minimum Gasteiger partial charge on any atom is -0.481 e. The van der Waals surface area contributed by atoms with Crippen LogP contribution in [0.2, 0.25) is 0 Å². The second kappa shape index (κ2) is 8.72. The highest BCUT2D eigenvalue weighted by Crippen LogP contribution is 2.25. The third kappa shape index (κ3) is 6.27. The highest BCUT2D eigenvalue weighted by atomic mass is 32.2. The van der Waals surface area contributed by atoms with Gasteiger partial charge in [-0.1, -0.05) is 56.3 Å². The van der Waals surface area contributed by atoms with Crippen LogP contribution in [0.1, 0.15) is 25.0 Å². The maximum atomic E-state index is 12.7. The molecule has 2 aromatic carbocycles. The van der Waals surface area contributed by atoms with E-state index in [1.54, 1.807) is 0 Å². The summed E-state index contributed by atoms with van der Waals surface area (Å²) in [7, 11) is 0. The molecule has 0 bridgehead atoms. The molecule has 0 fully saturated rings. The number of hydrogen-bond donors (Lipinski definition) is 2. The van der Waals surface area contributed by atoms with E-state index < -0.39 is 11.4 Å². The monoisotopic (exact) mass is 357 g/mol. The predicted molar refractivity (Wildman–Crippen MR) is 103 cm³/mol. The van der Waals surface area contributed by atoms with Gasteiger partial charge in [0.2, 0.25) is 5.91 Å². The van der Waals surface area contributed by atoms with Crippen molar-refractivity contribution in [1.29, 1.82) is 0 Å². The molecule has 0 atom stereocenters. The number of rotatable bonds is 8. The molecule has 1 amide bonds. The van der Waals surface area contributed by atoms with Gasteiger partial charge in [0.05, 0.1) is 5.75 Å². The van der Waals surface area contributed by atoms with Crippen LogP contribution >= 0.6 is 11.8 Å². The number of nitrogens with one attached hydrogen (secondary N) is 1. The van der Waals surface area contributed by atoms with Crippen molar-refractivity contribution in [2.45, 2.75) is 26.0 Å². The standard InChI is InChI=1S/C20H23NO3S/c1-20(2,12-15-7-4-3-5-8-15)19(24)21-17-10-6-9-16(11-17)13-25-14-18(22)23/h3-11H,12-14H2,1-2H3,(H,21,24)(H,22,23). The van der Waals surface area contributed by atoms with Gasteiger partial charge in [0.15, 0.2) is 0 Å². The molecule has 0 saturated carbocycles. The molecular formula is C20H23NO3S. The Morgan fingerprint density at radius 2 is 1.72 bits per heavy atom. The number of thioether (sulfide) groups is 1. The largest absolute Gasteiger partial charge is 0.481 e. The third-order valence-corrected chi connectivity index (χ3v) is 4.77. The number of carboxylic acids is 1. The van der Waals surface area contributed by atoms with Crippen molar-refractivity contribution < 1.29 is 14.7 Å². The van der Waals surface area contributed by atoms with E-state index in [9.17, 15) is 9.59 Å². The number of anilines is 1. The number of amides is 1. The molecule has 4 nitrogen and oxygen atoms in total. The van der Waals surface area contributed by atoms with Gasteiger partial charge in [-0.25, -0.2) is 0 Å². The lowest BCUT2D eigenvalue weighted by atomic mass is 9.84. The van der Waals surface area contributed by atoms with Gasteiger partial charge in [0.1, 0.15) is 0 Å². The van der Waals surface area contributed by atoms with E-state index in [-0.39, 0.29) is 11.7 Å². The predicted octanol–water partition coefficient (Wildman–Crippen LogP) is 4.21. The van der Waals surface area contributed by atoms with Crippen LogP contribution in [0, 0.1) is 5.41 Å². The summed E-state index contributed by atoms with van der Waals surface area (Å²) in [6.45, 7) is 3.86. The van der Waals surface area contributed by atoms with Crippen molar-refractivity contribution in [2.75, 3.05) is 11.1 Å². The molecule has 0 heterocycles. The Bertz CT molecular complexity index is 729. The molecule has 132 valence electrons.